The Balaban J connectivity index is 3.46. The standard InChI is InChI=1S/C26H46O3/c1-8-12-13-14-15-19-22-25(24(5,6)7,23-20-17-16-18-21-23)26(27-9-2,28-10-3)29-11-4/h16-18,20-21H,8-15,19,22H2,1-7H3. The Bertz CT molecular complexity index is 518. The molecule has 1 aromatic carbocycles. The van der Waals surface area contributed by atoms with Crippen LogP contribution in [0.3, 0.4) is 0 Å². The summed E-state index contributed by atoms with van der Waals surface area (Å²) in [7, 11) is 0. The maximum atomic E-state index is 6.41. The molecular weight excluding hydrogens is 360 g/mol. The minimum Gasteiger partial charge on any atom is -0.327 e. The molecule has 1 rings (SSSR count). The van der Waals surface area contributed by atoms with Crippen molar-refractivity contribution in [1.82, 2.24) is 0 Å². The maximum Gasteiger partial charge on any atom is 0.293 e. The van der Waals surface area contributed by atoms with Crippen LogP contribution in [0.1, 0.15) is 99.0 Å². The van der Waals surface area contributed by atoms with Crippen LogP contribution >= 0.6 is 0 Å². The summed E-state index contributed by atoms with van der Waals surface area (Å²) in [5.74, 6) is -1.10. The van der Waals surface area contributed by atoms with Crippen LogP contribution in [0.15, 0.2) is 30.3 Å². The van der Waals surface area contributed by atoms with Crippen molar-refractivity contribution in [2.75, 3.05) is 19.8 Å². The highest BCUT2D eigenvalue weighted by Crippen LogP contribution is 2.55. The second-order valence-corrected chi connectivity index (χ2v) is 8.89. The SMILES string of the molecule is CCCCCCCCC(c1ccccc1)(C(C)(C)C)C(OCC)(OCC)OCC. The van der Waals surface area contributed by atoms with Gasteiger partial charge in [0.25, 0.3) is 5.97 Å². The third-order valence-corrected chi connectivity index (χ3v) is 5.98. The van der Waals surface area contributed by atoms with Crippen LogP contribution in [0.2, 0.25) is 0 Å². The van der Waals surface area contributed by atoms with Crippen molar-refractivity contribution < 1.29 is 14.2 Å². The van der Waals surface area contributed by atoms with E-state index < -0.39 is 11.4 Å². The van der Waals surface area contributed by atoms with Crippen LogP contribution in [0.4, 0.5) is 0 Å². The van der Waals surface area contributed by atoms with Gasteiger partial charge in [0.1, 0.15) is 0 Å². The highest BCUT2D eigenvalue weighted by atomic mass is 16.9. The normalized spacial score (nSPS) is 14.7. The molecule has 0 aliphatic carbocycles. The van der Waals surface area contributed by atoms with Crippen LogP contribution in [0.25, 0.3) is 0 Å². The van der Waals surface area contributed by atoms with Crippen LogP contribution in [-0.2, 0) is 19.6 Å². The summed E-state index contributed by atoms with van der Waals surface area (Å²) in [5.41, 5.74) is 0.683. The minimum atomic E-state index is -1.10. The van der Waals surface area contributed by atoms with Crippen molar-refractivity contribution >= 4 is 0 Å². The van der Waals surface area contributed by atoms with Gasteiger partial charge in [-0.15, -0.1) is 0 Å². The number of hydrogen-bond donors (Lipinski definition) is 0. The predicted molar refractivity (Wildman–Crippen MR) is 123 cm³/mol. The molecule has 0 radical (unpaired) electrons. The lowest BCUT2D eigenvalue weighted by Gasteiger charge is -2.55. The molecule has 0 aliphatic rings. The maximum absolute atomic E-state index is 6.41. The molecular formula is C26H46O3. The number of benzene rings is 1. The second kappa shape index (κ2) is 12.7. The van der Waals surface area contributed by atoms with E-state index in [9.17, 15) is 0 Å². The molecule has 0 saturated carbocycles. The van der Waals surface area contributed by atoms with Gasteiger partial charge in [-0.1, -0.05) is 96.6 Å². The fraction of sp³-hybridized carbons (Fsp3) is 0.769. The van der Waals surface area contributed by atoms with E-state index in [1.54, 1.807) is 0 Å². The van der Waals surface area contributed by atoms with Crippen LogP contribution in [0.5, 0.6) is 0 Å². The highest BCUT2D eigenvalue weighted by Gasteiger charge is 2.61. The van der Waals surface area contributed by atoms with E-state index in [-0.39, 0.29) is 5.41 Å². The van der Waals surface area contributed by atoms with Gasteiger partial charge >= 0.3 is 0 Å². The quantitative estimate of drug-likeness (QED) is 0.223. The summed E-state index contributed by atoms with van der Waals surface area (Å²) >= 11 is 0. The van der Waals surface area contributed by atoms with Crippen molar-refractivity contribution in [2.45, 2.75) is 105 Å². The monoisotopic (exact) mass is 406 g/mol. The van der Waals surface area contributed by atoms with Gasteiger partial charge in [-0.05, 0) is 38.2 Å². The fourth-order valence-electron chi connectivity index (χ4n) is 4.70. The summed E-state index contributed by atoms with van der Waals surface area (Å²) in [6.07, 6.45) is 8.52. The third-order valence-electron chi connectivity index (χ3n) is 5.98. The van der Waals surface area contributed by atoms with E-state index in [2.05, 4.69) is 58.0 Å². The van der Waals surface area contributed by atoms with E-state index in [0.717, 1.165) is 12.8 Å². The summed E-state index contributed by atoms with van der Waals surface area (Å²) in [6.45, 7) is 16.8. The molecule has 0 fully saturated rings. The topological polar surface area (TPSA) is 27.7 Å². The molecule has 0 aromatic heterocycles. The first-order valence-electron chi connectivity index (χ1n) is 11.8. The zero-order valence-corrected chi connectivity index (χ0v) is 20.2. The highest BCUT2D eigenvalue weighted by molar-refractivity contribution is 5.31. The Morgan fingerprint density at radius 3 is 1.59 bits per heavy atom. The van der Waals surface area contributed by atoms with Gasteiger partial charge in [0, 0.05) is 19.8 Å². The average molecular weight is 407 g/mol. The van der Waals surface area contributed by atoms with E-state index in [1.807, 2.05) is 20.8 Å². The molecule has 1 atom stereocenters. The van der Waals surface area contributed by atoms with Crippen LogP contribution < -0.4 is 0 Å². The molecule has 0 saturated heterocycles. The third kappa shape index (κ3) is 6.29. The fourth-order valence-corrected chi connectivity index (χ4v) is 4.70. The average Bonchev–Trinajstić information content (AvgIpc) is 2.67. The molecule has 1 unspecified atom stereocenters. The van der Waals surface area contributed by atoms with E-state index in [0.29, 0.717) is 19.8 Å². The number of hydrogen-bond acceptors (Lipinski definition) is 3. The van der Waals surface area contributed by atoms with Crippen LogP contribution in [0, 0.1) is 5.41 Å². The van der Waals surface area contributed by atoms with Crippen molar-refractivity contribution in [2.24, 2.45) is 5.41 Å². The Kier molecular flexibility index (Phi) is 11.5. The minimum absolute atomic E-state index is 0.128. The zero-order chi connectivity index (χ0) is 21.8. The second-order valence-electron chi connectivity index (χ2n) is 8.89. The van der Waals surface area contributed by atoms with Gasteiger partial charge in [0.05, 0.1) is 5.41 Å². The van der Waals surface area contributed by atoms with E-state index in [4.69, 9.17) is 14.2 Å². The molecule has 0 N–H and O–H groups in total. The van der Waals surface area contributed by atoms with Gasteiger partial charge in [0.15, 0.2) is 0 Å². The van der Waals surface area contributed by atoms with Gasteiger partial charge in [-0.25, -0.2) is 0 Å². The molecule has 0 aliphatic heterocycles. The predicted octanol–water partition coefficient (Wildman–Crippen LogP) is 7.48. The molecule has 168 valence electrons. The molecule has 3 heteroatoms. The van der Waals surface area contributed by atoms with Gasteiger partial charge in [-0.3, -0.25) is 0 Å². The summed E-state index contributed by atoms with van der Waals surface area (Å²) in [4.78, 5) is 0. The molecule has 3 nitrogen and oxygen atoms in total. The van der Waals surface area contributed by atoms with E-state index in [1.165, 1.54) is 37.7 Å². The zero-order valence-electron chi connectivity index (χ0n) is 20.2. The summed E-state index contributed by atoms with van der Waals surface area (Å²) in [6, 6.07) is 10.7. The Morgan fingerprint density at radius 2 is 1.14 bits per heavy atom. The number of rotatable bonds is 15. The van der Waals surface area contributed by atoms with E-state index >= 15 is 0 Å². The van der Waals surface area contributed by atoms with Gasteiger partial charge in [-0.2, -0.15) is 0 Å². The van der Waals surface area contributed by atoms with Gasteiger partial charge in [0.2, 0.25) is 0 Å². The first-order valence-corrected chi connectivity index (χ1v) is 11.8. The number of unbranched alkanes of at least 4 members (excludes halogenated alkanes) is 5. The lowest BCUT2D eigenvalue weighted by atomic mass is 9.58. The molecule has 0 bridgehead atoms. The molecule has 0 heterocycles. The van der Waals surface area contributed by atoms with Crippen molar-refractivity contribution in [3.63, 3.8) is 0 Å². The lowest BCUT2D eigenvalue weighted by molar-refractivity contribution is -0.423. The van der Waals surface area contributed by atoms with Crippen molar-refractivity contribution in [3.05, 3.63) is 35.9 Å². The largest absolute Gasteiger partial charge is 0.327 e. The first-order chi connectivity index (χ1) is 13.8. The summed E-state index contributed by atoms with van der Waals surface area (Å²) < 4.78 is 19.2. The Hall–Kier alpha value is -0.900. The molecule has 1 aromatic rings. The van der Waals surface area contributed by atoms with Crippen molar-refractivity contribution in [1.29, 1.82) is 0 Å². The van der Waals surface area contributed by atoms with Crippen LogP contribution in [-0.4, -0.2) is 25.8 Å². The Morgan fingerprint density at radius 1 is 0.655 bits per heavy atom. The molecule has 0 spiro atoms. The lowest BCUT2D eigenvalue weighted by Crippen LogP contribution is -2.63. The smallest absolute Gasteiger partial charge is 0.293 e. The Labute approximate surface area is 180 Å². The van der Waals surface area contributed by atoms with Crippen molar-refractivity contribution in [3.8, 4) is 0 Å². The molecule has 0 amide bonds. The summed E-state index contributed by atoms with van der Waals surface area (Å²) in [5, 5.41) is 0. The van der Waals surface area contributed by atoms with Gasteiger partial charge < -0.3 is 14.2 Å². The molecule has 29 heavy (non-hydrogen) atoms. The first kappa shape index (κ1) is 26.1. The number of ether oxygens (including phenoxy) is 3.